The highest BCUT2D eigenvalue weighted by atomic mass is 19.4. The summed E-state index contributed by atoms with van der Waals surface area (Å²) in [4.78, 5) is 27.9. The minimum Gasteiger partial charge on any atom is -0.491 e. The molecular formula is C24H26F4N4O3. The van der Waals surface area contributed by atoms with Gasteiger partial charge in [0.2, 0.25) is 6.41 Å². The maximum absolute atomic E-state index is 14.0. The van der Waals surface area contributed by atoms with Gasteiger partial charge in [-0.25, -0.2) is 9.37 Å². The SMILES string of the molecule is CCOc1c(C)cc(C(CNC(=O)c2[nH]ccc2C)C(F)(F)F)nc1-c1ccc(F)cc1.NC=O. The predicted octanol–water partition coefficient (Wildman–Crippen LogP) is 4.41. The maximum Gasteiger partial charge on any atom is 0.398 e. The zero-order valence-corrected chi connectivity index (χ0v) is 19.4. The molecule has 0 aliphatic rings. The molecular weight excluding hydrogens is 468 g/mol. The number of primary amides is 1. The highest BCUT2D eigenvalue weighted by molar-refractivity contribution is 5.93. The van der Waals surface area contributed by atoms with Crippen LogP contribution in [0.2, 0.25) is 0 Å². The molecule has 0 aliphatic carbocycles. The number of benzene rings is 1. The number of rotatable bonds is 7. The van der Waals surface area contributed by atoms with Crippen LogP contribution in [0.15, 0.2) is 42.6 Å². The summed E-state index contributed by atoms with van der Waals surface area (Å²) in [5.74, 6) is -2.83. The molecule has 1 unspecified atom stereocenters. The van der Waals surface area contributed by atoms with Gasteiger partial charge in [-0.05, 0) is 68.3 Å². The molecule has 0 spiro atoms. The third-order valence-corrected chi connectivity index (χ3v) is 4.99. The van der Waals surface area contributed by atoms with E-state index in [-0.39, 0.29) is 30.1 Å². The Morgan fingerprint density at radius 1 is 1.20 bits per heavy atom. The molecule has 2 amide bonds. The number of hydrogen-bond donors (Lipinski definition) is 3. The van der Waals surface area contributed by atoms with Crippen molar-refractivity contribution >= 4 is 12.3 Å². The van der Waals surface area contributed by atoms with Crippen LogP contribution < -0.4 is 15.8 Å². The van der Waals surface area contributed by atoms with E-state index in [2.05, 4.69) is 21.0 Å². The van der Waals surface area contributed by atoms with Crippen molar-refractivity contribution in [3.63, 3.8) is 0 Å². The number of nitrogens with zero attached hydrogens (tertiary/aromatic N) is 1. The van der Waals surface area contributed by atoms with Gasteiger partial charge in [0, 0.05) is 18.3 Å². The highest BCUT2D eigenvalue weighted by Crippen LogP contribution is 2.38. The predicted molar refractivity (Wildman–Crippen MR) is 122 cm³/mol. The number of aromatic amines is 1. The number of halogens is 4. The average Bonchev–Trinajstić information content (AvgIpc) is 3.21. The van der Waals surface area contributed by atoms with Crippen molar-refractivity contribution in [2.45, 2.75) is 32.9 Å². The number of aromatic nitrogens is 2. The van der Waals surface area contributed by atoms with E-state index in [1.54, 1.807) is 26.8 Å². The Balaban J connectivity index is 0.00000137. The third kappa shape index (κ3) is 7.05. The molecule has 3 aromatic rings. The Bertz CT molecular complexity index is 1140. The number of aryl methyl sites for hydroxylation is 2. The number of pyridine rings is 1. The van der Waals surface area contributed by atoms with Crippen molar-refractivity contribution in [1.82, 2.24) is 15.3 Å². The van der Waals surface area contributed by atoms with Crippen LogP contribution in [0.3, 0.4) is 0 Å². The molecule has 2 heterocycles. The van der Waals surface area contributed by atoms with Crippen LogP contribution in [-0.4, -0.2) is 41.6 Å². The van der Waals surface area contributed by atoms with Gasteiger partial charge < -0.3 is 20.8 Å². The van der Waals surface area contributed by atoms with Gasteiger partial charge in [0.25, 0.3) is 5.91 Å². The van der Waals surface area contributed by atoms with E-state index in [9.17, 15) is 22.4 Å². The maximum atomic E-state index is 14.0. The number of H-pyrrole nitrogens is 1. The zero-order valence-electron chi connectivity index (χ0n) is 19.4. The first-order valence-electron chi connectivity index (χ1n) is 10.6. The van der Waals surface area contributed by atoms with Gasteiger partial charge in [0.05, 0.1) is 12.3 Å². The van der Waals surface area contributed by atoms with Gasteiger partial charge in [-0.3, -0.25) is 9.59 Å². The Kier molecular flexibility index (Phi) is 9.38. The van der Waals surface area contributed by atoms with Gasteiger partial charge in [-0.1, -0.05) is 0 Å². The fraction of sp³-hybridized carbons (Fsp3) is 0.292. The fourth-order valence-corrected chi connectivity index (χ4v) is 3.36. The number of hydrogen-bond acceptors (Lipinski definition) is 4. The molecule has 3 rings (SSSR count). The van der Waals surface area contributed by atoms with Crippen LogP contribution >= 0.6 is 0 Å². The molecule has 4 N–H and O–H groups in total. The topological polar surface area (TPSA) is 110 Å². The number of amides is 2. The van der Waals surface area contributed by atoms with Crippen LogP contribution in [0.4, 0.5) is 17.6 Å². The second kappa shape index (κ2) is 12.0. The molecule has 188 valence electrons. The standard InChI is InChI=1S/C23H23F4N3O2.CH3NO/c1-4-32-21-14(3)11-18(30-20(21)15-5-7-16(24)8-6-15)17(23(25,26)27)12-29-22(31)19-13(2)9-10-28-19;2-1-3/h5-11,17,28H,4,12H2,1-3H3,(H,29,31);1H,(H2,2,3). The van der Waals surface area contributed by atoms with Gasteiger partial charge in [-0.2, -0.15) is 13.2 Å². The van der Waals surface area contributed by atoms with E-state index in [0.717, 1.165) is 0 Å². The summed E-state index contributed by atoms with van der Waals surface area (Å²) < 4.78 is 60.9. The van der Waals surface area contributed by atoms with Crippen molar-refractivity contribution in [1.29, 1.82) is 0 Å². The van der Waals surface area contributed by atoms with Gasteiger partial charge in [-0.15, -0.1) is 0 Å². The second-order valence-electron chi connectivity index (χ2n) is 7.46. The van der Waals surface area contributed by atoms with Gasteiger partial charge in [0.15, 0.2) is 0 Å². The summed E-state index contributed by atoms with van der Waals surface area (Å²) in [7, 11) is 0. The molecule has 11 heteroatoms. The van der Waals surface area contributed by atoms with Crippen LogP contribution in [0, 0.1) is 19.7 Å². The molecule has 1 atom stereocenters. The van der Waals surface area contributed by atoms with Crippen LogP contribution in [0.5, 0.6) is 5.75 Å². The third-order valence-electron chi connectivity index (χ3n) is 4.99. The van der Waals surface area contributed by atoms with Gasteiger partial charge >= 0.3 is 6.18 Å². The summed E-state index contributed by atoms with van der Waals surface area (Å²) in [5, 5.41) is 2.35. The number of alkyl halides is 3. The number of nitrogens with two attached hydrogens (primary N) is 1. The first kappa shape index (κ1) is 27.4. The molecule has 0 fully saturated rings. The number of nitrogens with one attached hydrogen (secondary N) is 2. The Morgan fingerprint density at radius 3 is 2.34 bits per heavy atom. The summed E-state index contributed by atoms with van der Waals surface area (Å²) in [6, 6.07) is 8.23. The molecule has 2 aromatic heterocycles. The lowest BCUT2D eigenvalue weighted by molar-refractivity contribution is -0.149. The normalized spacial score (nSPS) is 11.7. The van der Waals surface area contributed by atoms with Crippen molar-refractivity contribution in [3.05, 3.63) is 70.9 Å². The van der Waals surface area contributed by atoms with Crippen LogP contribution in [0.1, 0.15) is 40.2 Å². The molecule has 1 aromatic carbocycles. The minimum absolute atomic E-state index is 0.183. The minimum atomic E-state index is -4.66. The van der Waals surface area contributed by atoms with Crippen molar-refractivity contribution in [2.24, 2.45) is 5.73 Å². The molecule has 0 saturated carbocycles. The lowest BCUT2D eigenvalue weighted by Gasteiger charge is -2.23. The number of ether oxygens (including phenoxy) is 1. The smallest absolute Gasteiger partial charge is 0.398 e. The molecule has 0 bridgehead atoms. The Hall–Kier alpha value is -3.89. The summed E-state index contributed by atoms with van der Waals surface area (Å²) in [6.07, 6.45) is -2.87. The fourth-order valence-electron chi connectivity index (χ4n) is 3.36. The van der Waals surface area contributed by atoms with E-state index in [4.69, 9.17) is 9.53 Å². The highest BCUT2D eigenvalue weighted by Gasteiger charge is 2.42. The molecule has 0 saturated heterocycles. The monoisotopic (exact) mass is 494 g/mol. The summed E-state index contributed by atoms with van der Waals surface area (Å²) in [5.41, 5.74) is 5.79. The van der Waals surface area contributed by atoms with Gasteiger partial charge in [0.1, 0.15) is 28.9 Å². The van der Waals surface area contributed by atoms with E-state index >= 15 is 0 Å². The van der Waals surface area contributed by atoms with Crippen molar-refractivity contribution in [3.8, 4) is 17.0 Å². The molecule has 0 radical (unpaired) electrons. The first-order chi connectivity index (χ1) is 16.5. The Labute approximate surface area is 199 Å². The van der Waals surface area contributed by atoms with Crippen LogP contribution in [-0.2, 0) is 4.79 Å². The number of carbonyl (C=O) groups is 2. The van der Waals surface area contributed by atoms with Crippen molar-refractivity contribution in [2.75, 3.05) is 13.2 Å². The summed E-state index contributed by atoms with van der Waals surface area (Å²) >= 11 is 0. The Morgan fingerprint density at radius 2 is 1.83 bits per heavy atom. The van der Waals surface area contributed by atoms with Crippen LogP contribution in [0.25, 0.3) is 11.3 Å². The molecule has 0 aliphatic heterocycles. The molecule has 35 heavy (non-hydrogen) atoms. The van der Waals surface area contributed by atoms with E-state index in [1.807, 2.05) is 0 Å². The largest absolute Gasteiger partial charge is 0.491 e. The average molecular weight is 494 g/mol. The lowest BCUT2D eigenvalue weighted by Crippen LogP contribution is -2.36. The quantitative estimate of drug-likeness (QED) is 0.334. The first-order valence-corrected chi connectivity index (χ1v) is 10.6. The molecule has 7 nitrogen and oxygen atoms in total. The lowest BCUT2D eigenvalue weighted by atomic mass is 9.99. The van der Waals surface area contributed by atoms with E-state index in [1.165, 1.54) is 36.5 Å². The number of carbonyl (C=O) groups excluding carboxylic acids is 2. The van der Waals surface area contributed by atoms with Crippen molar-refractivity contribution < 1.29 is 31.9 Å². The second-order valence-corrected chi connectivity index (χ2v) is 7.46. The zero-order chi connectivity index (χ0) is 26.2. The van der Waals surface area contributed by atoms with E-state index < -0.39 is 30.4 Å². The van der Waals surface area contributed by atoms with E-state index in [0.29, 0.717) is 22.4 Å². The summed E-state index contributed by atoms with van der Waals surface area (Å²) in [6.45, 7) is 4.64.